The second-order valence-electron chi connectivity index (χ2n) is 5.89. The standard InChI is InChI=1S/C17H19F3N4/c1-13-14(4-3-7-21-13)12-23-8-10-24(11-9-23)16-6-2-5-15(22-16)17(18,19)20/h2-7H,8-12H2,1H3. The molecule has 1 aliphatic heterocycles. The maximum Gasteiger partial charge on any atom is 0.433 e. The van der Waals surface area contributed by atoms with E-state index in [0.29, 0.717) is 18.9 Å². The highest BCUT2D eigenvalue weighted by Crippen LogP contribution is 2.29. The number of rotatable bonds is 3. The van der Waals surface area contributed by atoms with Crippen LogP contribution in [-0.2, 0) is 12.7 Å². The van der Waals surface area contributed by atoms with E-state index in [4.69, 9.17) is 0 Å². The molecule has 0 spiro atoms. The molecule has 0 atom stereocenters. The van der Waals surface area contributed by atoms with Crippen LogP contribution in [-0.4, -0.2) is 41.0 Å². The molecule has 0 radical (unpaired) electrons. The zero-order valence-corrected chi connectivity index (χ0v) is 13.4. The van der Waals surface area contributed by atoms with E-state index in [1.165, 1.54) is 11.6 Å². The van der Waals surface area contributed by atoms with Gasteiger partial charge in [0.05, 0.1) is 0 Å². The van der Waals surface area contributed by atoms with Gasteiger partial charge in [-0.3, -0.25) is 9.88 Å². The number of aromatic nitrogens is 2. The highest BCUT2D eigenvalue weighted by molar-refractivity contribution is 5.40. The molecule has 1 aliphatic rings. The van der Waals surface area contributed by atoms with Gasteiger partial charge in [0.25, 0.3) is 0 Å². The molecule has 0 amide bonds. The van der Waals surface area contributed by atoms with Gasteiger partial charge in [-0.1, -0.05) is 12.1 Å². The lowest BCUT2D eigenvalue weighted by Gasteiger charge is -2.35. The Labute approximate surface area is 138 Å². The third kappa shape index (κ3) is 3.84. The minimum Gasteiger partial charge on any atom is -0.354 e. The molecule has 0 aliphatic carbocycles. The summed E-state index contributed by atoms with van der Waals surface area (Å²) < 4.78 is 38.3. The van der Waals surface area contributed by atoms with Crippen LogP contribution in [0.1, 0.15) is 17.0 Å². The molecular weight excluding hydrogens is 317 g/mol. The summed E-state index contributed by atoms with van der Waals surface area (Å²) in [5.74, 6) is 0.391. The second-order valence-corrected chi connectivity index (χ2v) is 5.89. The Morgan fingerprint density at radius 3 is 2.46 bits per heavy atom. The van der Waals surface area contributed by atoms with Crippen molar-refractivity contribution in [1.29, 1.82) is 0 Å². The van der Waals surface area contributed by atoms with Crippen molar-refractivity contribution in [1.82, 2.24) is 14.9 Å². The molecule has 2 aromatic heterocycles. The molecule has 3 rings (SSSR count). The first-order valence-electron chi connectivity index (χ1n) is 7.85. The van der Waals surface area contributed by atoms with E-state index in [0.717, 1.165) is 31.4 Å². The van der Waals surface area contributed by atoms with E-state index in [9.17, 15) is 13.2 Å². The fourth-order valence-corrected chi connectivity index (χ4v) is 2.82. The summed E-state index contributed by atoms with van der Waals surface area (Å²) in [5, 5.41) is 0. The lowest BCUT2D eigenvalue weighted by atomic mass is 10.2. The number of piperazine rings is 1. The number of alkyl halides is 3. The van der Waals surface area contributed by atoms with Gasteiger partial charge in [0.1, 0.15) is 11.5 Å². The summed E-state index contributed by atoms with van der Waals surface area (Å²) >= 11 is 0. The molecule has 4 nitrogen and oxygen atoms in total. The van der Waals surface area contributed by atoms with Gasteiger partial charge in [-0.15, -0.1) is 0 Å². The van der Waals surface area contributed by atoms with Gasteiger partial charge >= 0.3 is 6.18 Å². The Morgan fingerprint density at radius 2 is 1.79 bits per heavy atom. The van der Waals surface area contributed by atoms with Crippen LogP contribution in [0.2, 0.25) is 0 Å². The Morgan fingerprint density at radius 1 is 1.04 bits per heavy atom. The van der Waals surface area contributed by atoms with Crippen LogP contribution in [0.4, 0.5) is 19.0 Å². The Hall–Kier alpha value is -2.15. The highest BCUT2D eigenvalue weighted by Gasteiger charge is 2.33. The van der Waals surface area contributed by atoms with Gasteiger partial charge in [0, 0.05) is 44.6 Å². The molecule has 24 heavy (non-hydrogen) atoms. The SMILES string of the molecule is Cc1ncccc1CN1CCN(c2cccc(C(F)(F)F)n2)CC1. The van der Waals surface area contributed by atoms with Crippen molar-refractivity contribution >= 4 is 5.82 Å². The predicted molar refractivity (Wildman–Crippen MR) is 85.7 cm³/mol. The first-order chi connectivity index (χ1) is 11.4. The van der Waals surface area contributed by atoms with Crippen LogP contribution in [0.5, 0.6) is 0 Å². The highest BCUT2D eigenvalue weighted by atomic mass is 19.4. The molecular formula is C17H19F3N4. The Balaban J connectivity index is 1.62. The van der Waals surface area contributed by atoms with Crippen LogP contribution >= 0.6 is 0 Å². The average molecular weight is 336 g/mol. The van der Waals surface area contributed by atoms with Gasteiger partial charge < -0.3 is 4.90 Å². The molecule has 3 heterocycles. The molecule has 0 aromatic carbocycles. The monoisotopic (exact) mass is 336 g/mol. The van der Waals surface area contributed by atoms with Crippen molar-refractivity contribution in [2.45, 2.75) is 19.6 Å². The van der Waals surface area contributed by atoms with Crippen molar-refractivity contribution in [3.8, 4) is 0 Å². The first kappa shape index (κ1) is 16.7. The summed E-state index contributed by atoms with van der Waals surface area (Å²) in [6.45, 7) is 5.68. The summed E-state index contributed by atoms with van der Waals surface area (Å²) in [4.78, 5) is 12.2. The van der Waals surface area contributed by atoms with E-state index in [2.05, 4.69) is 20.9 Å². The quantitative estimate of drug-likeness (QED) is 0.862. The minimum absolute atomic E-state index is 0.391. The molecule has 7 heteroatoms. The van der Waals surface area contributed by atoms with Crippen LogP contribution in [0, 0.1) is 6.92 Å². The van der Waals surface area contributed by atoms with Gasteiger partial charge in [0.2, 0.25) is 0 Å². The zero-order chi connectivity index (χ0) is 17.2. The Bertz CT molecular complexity index is 694. The fourth-order valence-electron chi connectivity index (χ4n) is 2.82. The number of pyridine rings is 2. The summed E-state index contributed by atoms with van der Waals surface area (Å²) in [5.41, 5.74) is 1.36. The molecule has 0 N–H and O–H groups in total. The molecule has 1 saturated heterocycles. The van der Waals surface area contributed by atoms with Crippen molar-refractivity contribution in [2.75, 3.05) is 31.1 Å². The van der Waals surface area contributed by atoms with Crippen LogP contribution < -0.4 is 4.90 Å². The van der Waals surface area contributed by atoms with Crippen LogP contribution in [0.3, 0.4) is 0 Å². The third-order valence-electron chi connectivity index (χ3n) is 4.23. The summed E-state index contributed by atoms with van der Waals surface area (Å²) in [6, 6.07) is 8.03. The summed E-state index contributed by atoms with van der Waals surface area (Å²) in [6.07, 6.45) is -2.63. The average Bonchev–Trinajstić information content (AvgIpc) is 2.57. The smallest absolute Gasteiger partial charge is 0.354 e. The number of aryl methyl sites for hydroxylation is 1. The molecule has 0 saturated carbocycles. The maximum absolute atomic E-state index is 12.8. The number of anilines is 1. The van der Waals surface area contributed by atoms with Gasteiger partial charge in [-0.25, -0.2) is 4.98 Å². The second kappa shape index (κ2) is 6.76. The lowest BCUT2D eigenvalue weighted by Crippen LogP contribution is -2.46. The van der Waals surface area contributed by atoms with E-state index in [-0.39, 0.29) is 0 Å². The van der Waals surface area contributed by atoms with Gasteiger partial charge in [0.15, 0.2) is 0 Å². The van der Waals surface area contributed by atoms with Crippen molar-refractivity contribution in [2.24, 2.45) is 0 Å². The number of nitrogens with zero attached hydrogens (tertiary/aromatic N) is 4. The van der Waals surface area contributed by atoms with Crippen LogP contribution in [0.25, 0.3) is 0 Å². The zero-order valence-electron chi connectivity index (χ0n) is 13.4. The number of hydrogen-bond donors (Lipinski definition) is 0. The molecule has 0 unspecified atom stereocenters. The van der Waals surface area contributed by atoms with Gasteiger partial charge in [-0.2, -0.15) is 13.2 Å². The molecule has 0 bridgehead atoms. The Kier molecular flexibility index (Phi) is 4.71. The van der Waals surface area contributed by atoms with Crippen molar-refractivity contribution < 1.29 is 13.2 Å². The summed E-state index contributed by atoms with van der Waals surface area (Å²) in [7, 11) is 0. The maximum atomic E-state index is 12.8. The topological polar surface area (TPSA) is 32.3 Å². The predicted octanol–water partition coefficient (Wildman–Crippen LogP) is 3.13. The lowest BCUT2D eigenvalue weighted by molar-refractivity contribution is -0.141. The first-order valence-corrected chi connectivity index (χ1v) is 7.85. The van der Waals surface area contributed by atoms with Gasteiger partial charge in [-0.05, 0) is 30.7 Å². The minimum atomic E-state index is -4.41. The molecule has 128 valence electrons. The normalized spacial score (nSPS) is 16.4. The fraction of sp³-hybridized carbons (Fsp3) is 0.412. The van der Waals surface area contributed by atoms with Crippen LogP contribution in [0.15, 0.2) is 36.5 Å². The molecule has 2 aromatic rings. The third-order valence-corrected chi connectivity index (χ3v) is 4.23. The van der Waals surface area contributed by atoms with E-state index >= 15 is 0 Å². The van der Waals surface area contributed by atoms with Crippen molar-refractivity contribution in [3.05, 3.63) is 53.5 Å². The number of halogens is 3. The molecule has 1 fully saturated rings. The number of hydrogen-bond acceptors (Lipinski definition) is 4. The van der Waals surface area contributed by atoms with E-state index in [1.54, 1.807) is 12.3 Å². The van der Waals surface area contributed by atoms with E-state index in [1.807, 2.05) is 17.9 Å². The van der Waals surface area contributed by atoms with Crippen molar-refractivity contribution in [3.63, 3.8) is 0 Å². The largest absolute Gasteiger partial charge is 0.433 e. The van der Waals surface area contributed by atoms with E-state index < -0.39 is 11.9 Å².